The molecule has 0 spiro atoms. The van der Waals surface area contributed by atoms with Crippen LogP contribution in [0.2, 0.25) is 0 Å². The molecule has 6 nitrogen and oxygen atoms in total. The molecule has 108 valence electrons. The fourth-order valence-electron chi connectivity index (χ4n) is 2.35. The third-order valence-electron chi connectivity index (χ3n) is 2.91. The maximum Gasteiger partial charge on any atom is 0.341 e. The van der Waals surface area contributed by atoms with Crippen LogP contribution in [0, 0.1) is 12.3 Å². The molecule has 6 heteroatoms. The molecule has 19 heavy (non-hydrogen) atoms. The summed E-state index contributed by atoms with van der Waals surface area (Å²) in [4.78, 5) is 13.4. The van der Waals surface area contributed by atoms with Crippen LogP contribution in [-0.4, -0.2) is 52.9 Å². The molecule has 1 aromatic rings. The number of carboxylic acids is 1. The first-order valence-electron chi connectivity index (χ1n) is 6.29. The van der Waals surface area contributed by atoms with Crippen LogP contribution in [0.5, 0.6) is 0 Å². The molecule has 0 aliphatic heterocycles. The minimum atomic E-state index is -0.946. The lowest BCUT2D eigenvalue weighted by atomic mass is 9.93. The Labute approximate surface area is 114 Å². The number of carbonyl (C=O) groups is 1. The van der Waals surface area contributed by atoms with Crippen LogP contribution >= 0.6 is 0 Å². The van der Waals surface area contributed by atoms with Gasteiger partial charge in [0.1, 0.15) is 11.4 Å². The molecule has 0 atom stereocenters. The van der Waals surface area contributed by atoms with Crippen molar-refractivity contribution in [1.82, 2.24) is 14.7 Å². The zero-order chi connectivity index (χ0) is 14.8. The summed E-state index contributed by atoms with van der Waals surface area (Å²) in [6, 6.07) is 0. The summed E-state index contributed by atoms with van der Waals surface area (Å²) in [6.07, 6.45) is 0. The van der Waals surface area contributed by atoms with Crippen molar-refractivity contribution in [3.05, 3.63) is 11.3 Å². The van der Waals surface area contributed by atoms with Gasteiger partial charge in [-0.2, -0.15) is 5.10 Å². The normalized spacial score (nSPS) is 11.9. The summed E-state index contributed by atoms with van der Waals surface area (Å²) >= 11 is 0. The lowest BCUT2D eigenvalue weighted by Gasteiger charge is -2.28. The summed E-state index contributed by atoms with van der Waals surface area (Å²) in [6.45, 7) is 7.59. The van der Waals surface area contributed by atoms with Gasteiger partial charge in [0, 0.05) is 20.1 Å². The SMILES string of the molecule is Cc1nn(C)c(NCC(C)(C)CN(C)C)c1C(=O)O. The van der Waals surface area contributed by atoms with Crippen molar-refractivity contribution < 1.29 is 9.90 Å². The summed E-state index contributed by atoms with van der Waals surface area (Å²) in [5.41, 5.74) is 0.823. The third kappa shape index (κ3) is 3.96. The predicted octanol–water partition coefficient (Wildman–Crippen LogP) is 1.43. The lowest BCUT2D eigenvalue weighted by molar-refractivity contribution is 0.0697. The molecule has 1 aromatic heterocycles. The van der Waals surface area contributed by atoms with E-state index in [4.69, 9.17) is 0 Å². The van der Waals surface area contributed by atoms with Gasteiger partial charge in [-0.15, -0.1) is 0 Å². The second kappa shape index (κ2) is 5.61. The number of hydrogen-bond donors (Lipinski definition) is 2. The highest BCUT2D eigenvalue weighted by molar-refractivity contribution is 5.94. The Kier molecular flexibility index (Phi) is 4.57. The first-order valence-corrected chi connectivity index (χ1v) is 6.29. The van der Waals surface area contributed by atoms with E-state index in [2.05, 4.69) is 29.2 Å². The van der Waals surface area contributed by atoms with E-state index >= 15 is 0 Å². The summed E-state index contributed by atoms with van der Waals surface area (Å²) in [5, 5.41) is 16.6. The first-order chi connectivity index (χ1) is 8.64. The number of aromatic carboxylic acids is 1. The minimum absolute atomic E-state index is 0.0391. The lowest BCUT2D eigenvalue weighted by Crippen LogP contribution is -2.35. The molecule has 2 N–H and O–H groups in total. The van der Waals surface area contributed by atoms with Gasteiger partial charge >= 0.3 is 5.97 Å². The molecule has 0 aromatic carbocycles. The maximum atomic E-state index is 11.3. The van der Waals surface area contributed by atoms with Gasteiger partial charge in [-0.05, 0) is 26.4 Å². The number of aromatic nitrogens is 2. The standard InChI is InChI=1S/C13H24N4O2/c1-9-10(12(18)19)11(17(6)15-9)14-7-13(2,3)8-16(4)5/h14H,7-8H2,1-6H3,(H,18,19). The van der Waals surface area contributed by atoms with E-state index in [0.717, 1.165) is 6.54 Å². The summed E-state index contributed by atoms with van der Waals surface area (Å²) in [5.74, 6) is -0.379. The van der Waals surface area contributed by atoms with Gasteiger partial charge in [-0.25, -0.2) is 4.79 Å². The van der Waals surface area contributed by atoms with Gasteiger partial charge in [0.05, 0.1) is 5.69 Å². The van der Waals surface area contributed by atoms with E-state index in [1.807, 2.05) is 14.1 Å². The average Bonchev–Trinajstić information content (AvgIpc) is 2.48. The predicted molar refractivity (Wildman–Crippen MR) is 75.7 cm³/mol. The Bertz CT molecular complexity index is 463. The Morgan fingerprint density at radius 1 is 1.47 bits per heavy atom. The van der Waals surface area contributed by atoms with Crippen molar-refractivity contribution in [3.63, 3.8) is 0 Å². The fraction of sp³-hybridized carbons (Fsp3) is 0.692. The molecule has 0 bridgehead atoms. The van der Waals surface area contributed by atoms with Gasteiger partial charge in [0.2, 0.25) is 0 Å². The quantitative estimate of drug-likeness (QED) is 0.816. The van der Waals surface area contributed by atoms with Gasteiger partial charge in [0.15, 0.2) is 0 Å². The maximum absolute atomic E-state index is 11.3. The van der Waals surface area contributed by atoms with Crippen LogP contribution in [-0.2, 0) is 7.05 Å². The van der Waals surface area contributed by atoms with Crippen LogP contribution in [0.4, 0.5) is 5.82 Å². The highest BCUT2D eigenvalue weighted by atomic mass is 16.4. The zero-order valence-corrected chi connectivity index (χ0v) is 12.6. The van der Waals surface area contributed by atoms with Crippen molar-refractivity contribution >= 4 is 11.8 Å². The van der Waals surface area contributed by atoms with Crippen molar-refractivity contribution in [2.45, 2.75) is 20.8 Å². The summed E-state index contributed by atoms with van der Waals surface area (Å²) < 4.78 is 1.59. The van der Waals surface area contributed by atoms with Crippen molar-refractivity contribution in [3.8, 4) is 0 Å². The number of rotatable bonds is 6. The monoisotopic (exact) mass is 268 g/mol. The number of hydrogen-bond acceptors (Lipinski definition) is 4. The zero-order valence-electron chi connectivity index (χ0n) is 12.6. The highest BCUT2D eigenvalue weighted by Crippen LogP contribution is 2.22. The molecular weight excluding hydrogens is 244 g/mol. The third-order valence-corrected chi connectivity index (χ3v) is 2.91. The van der Waals surface area contributed by atoms with Crippen LogP contribution < -0.4 is 5.32 Å². The number of carboxylic acid groups (broad SMARTS) is 1. The Balaban J connectivity index is 2.86. The summed E-state index contributed by atoms with van der Waals surface area (Å²) in [7, 11) is 5.80. The minimum Gasteiger partial charge on any atom is -0.477 e. The molecule has 0 aliphatic rings. The Hall–Kier alpha value is -1.56. The van der Waals surface area contributed by atoms with E-state index in [-0.39, 0.29) is 11.0 Å². The van der Waals surface area contributed by atoms with Gasteiger partial charge < -0.3 is 15.3 Å². The molecule has 0 radical (unpaired) electrons. The fourth-order valence-corrected chi connectivity index (χ4v) is 2.35. The van der Waals surface area contributed by atoms with Crippen LogP contribution in [0.25, 0.3) is 0 Å². The average molecular weight is 268 g/mol. The van der Waals surface area contributed by atoms with E-state index < -0.39 is 5.97 Å². The molecule has 0 saturated heterocycles. The van der Waals surface area contributed by atoms with Crippen LogP contribution in [0.15, 0.2) is 0 Å². The molecule has 0 aliphatic carbocycles. The molecule has 0 amide bonds. The van der Waals surface area contributed by atoms with E-state index in [0.29, 0.717) is 18.1 Å². The van der Waals surface area contributed by atoms with E-state index in [1.54, 1.807) is 18.7 Å². The molecule has 1 rings (SSSR count). The van der Waals surface area contributed by atoms with E-state index in [9.17, 15) is 9.90 Å². The highest BCUT2D eigenvalue weighted by Gasteiger charge is 2.23. The molecule has 0 unspecified atom stereocenters. The number of anilines is 1. The van der Waals surface area contributed by atoms with Gasteiger partial charge in [-0.1, -0.05) is 13.8 Å². The Morgan fingerprint density at radius 2 is 2.05 bits per heavy atom. The van der Waals surface area contributed by atoms with Crippen molar-refractivity contribution in [2.75, 3.05) is 32.5 Å². The second-order valence-electron chi connectivity index (χ2n) is 5.99. The van der Waals surface area contributed by atoms with Gasteiger partial charge in [0.25, 0.3) is 0 Å². The van der Waals surface area contributed by atoms with Crippen molar-refractivity contribution in [1.29, 1.82) is 0 Å². The van der Waals surface area contributed by atoms with Crippen molar-refractivity contribution in [2.24, 2.45) is 12.5 Å². The topological polar surface area (TPSA) is 70.4 Å². The van der Waals surface area contributed by atoms with Crippen LogP contribution in [0.1, 0.15) is 29.9 Å². The number of nitrogens with zero attached hydrogens (tertiary/aromatic N) is 3. The molecule has 1 heterocycles. The smallest absolute Gasteiger partial charge is 0.341 e. The number of aryl methyl sites for hydroxylation is 2. The molecule has 0 fully saturated rings. The van der Waals surface area contributed by atoms with E-state index in [1.165, 1.54) is 0 Å². The molecular formula is C13H24N4O2. The molecule has 0 saturated carbocycles. The first kappa shape index (κ1) is 15.5. The Morgan fingerprint density at radius 3 is 2.53 bits per heavy atom. The van der Waals surface area contributed by atoms with Gasteiger partial charge in [-0.3, -0.25) is 4.68 Å². The second-order valence-corrected chi connectivity index (χ2v) is 5.99. The van der Waals surface area contributed by atoms with Crippen LogP contribution in [0.3, 0.4) is 0 Å². The largest absolute Gasteiger partial charge is 0.477 e. The number of nitrogens with one attached hydrogen (secondary N) is 1.